The van der Waals surface area contributed by atoms with Gasteiger partial charge in [0.25, 0.3) is 0 Å². The molecule has 0 rings (SSSR count). The van der Waals surface area contributed by atoms with E-state index in [1.165, 1.54) is 0 Å². The number of aliphatic hydroxyl groups excluding tert-OH is 4. The second-order valence-corrected chi connectivity index (χ2v) is 3.21. The summed E-state index contributed by atoms with van der Waals surface area (Å²) >= 11 is 0. The van der Waals surface area contributed by atoms with Crippen LogP contribution in [0.25, 0.3) is 0 Å². The normalized spacial score (nSPS) is 20.8. The molecule has 0 heterocycles. The Kier molecular flexibility index (Phi) is 6.71. The molecule has 0 aliphatic carbocycles. The fourth-order valence-electron chi connectivity index (χ4n) is 0.830. The Morgan fingerprint density at radius 3 is 2.15 bits per heavy atom. The van der Waals surface area contributed by atoms with Crippen LogP contribution < -0.4 is 10.8 Å². The minimum absolute atomic E-state index is 0.112. The van der Waals surface area contributed by atoms with Gasteiger partial charge in [0.2, 0.25) is 0 Å². The summed E-state index contributed by atoms with van der Waals surface area (Å²) < 4.78 is 0. The van der Waals surface area contributed by atoms with Crippen LogP contribution in [0.15, 0.2) is 0 Å². The minimum Gasteiger partial charge on any atom is -0.395 e. The molecule has 0 spiro atoms. The lowest BCUT2D eigenvalue weighted by Crippen LogP contribution is -2.51. The zero-order valence-electron chi connectivity index (χ0n) is 7.17. The van der Waals surface area contributed by atoms with Crippen molar-refractivity contribution in [2.45, 2.75) is 24.4 Å². The van der Waals surface area contributed by atoms with Gasteiger partial charge in [0.05, 0.1) is 24.9 Å². The van der Waals surface area contributed by atoms with Gasteiger partial charge in [-0.05, 0) is 0 Å². The molecule has 0 aliphatic heterocycles. The van der Waals surface area contributed by atoms with Gasteiger partial charge in [-0.2, -0.15) is 0 Å². The lowest BCUT2D eigenvalue weighted by Gasteiger charge is -2.25. The summed E-state index contributed by atoms with van der Waals surface area (Å²) in [5, 5.41) is 38.9. The highest BCUT2D eigenvalue weighted by atomic mass is 31.0. The molecular formula is C6H17N2O4P. The van der Waals surface area contributed by atoms with Crippen LogP contribution in [0.3, 0.4) is 0 Å². The van der Waals surface area contributed by atoms with Crippen molar-refractivity contribution >= 4 is 9.39 Å². The van der Waals surface area contributed by atoms with Crippen molar-refractivity contribution in [2.24, 2.45) is 5.73 Å². The van der Waals surface area contributed by atoms with E-state index >= 15 is 0 Å². The Morgan fingerprint density at radius 2 is 1.77 bits per heavy atom. The van der Waals surface area contributed by atoms with Crippen molar-refractivity contribution < 1.29 is 20.4 Å². The summed E-state index contributed by atoms with van der Waals surface area (Å²) in [6.07, 6.45) is -3.82. The molecule has 0 aromatic heterocycles. The van der Waals surface area contributed by atoms with Crippen molar-refractivity contribution in [1.82, 2.24) is 5.09 Å². The summed E-state index contributed by atoms with van der Waals surface area (Å²) in [6, 6.07) is -0.950. The van der Waals surface area contributed by atoms with Crippen LogP contribution >= 0.6 is 9.39 Å². The number of hydrogen-bond donors (Lipinski definition) is 6. The highest BCUT2D eigenvalue weighted by Gasteiger charge is 2.28. The fraction of sp³-hybridized carbons (Fsp3) is 1.00. The maximum Gasteiger partial charge on any atom is 0.109 e. The molecule has 80 valence electrons. The monoisotopic (exact) mass is 212 g/mol. The number of aliphatic hydroxyl groups is 4. The molecule has 0 fully saturated rings. The van der Waals surface area contributed by atoms with Gasteiger partial charge < -0.3 is 26.2 Å². The van der Waals surface area contributed by atoms with E-state index in [1.54, 1.807) is 0 Å². The summed E-state index contributed by atoms with van der Waals surface area (Å²) in [5.41, 5.74) is 5.25. The Balaban J connectivity index is 3.99. The highest BCUT2D eigenvalue weighted by Crippen LogP contribution is 2.03. The molecule has 0 aromatic carbocycles. The van der Waals surface area contributed by atoms with Gasteiger partial charge in [-0.15, -0.1) is 0 Å². The molecule has 0 saturated carbocycles. The van der Waals surface area contributed by atoms with Crippen LogP contribution in [0.4, 0.5) is 0 Å². The van der Waals surface area contributed by atoms with Crippen LogP contribution in [0.1, 0.15) is 0 Å². The molecule has 0 amide bonds. The predicted octanol–water partition coefficient (Wildman–Crippen LogP) is -3.23. The third-order valence-electron chi connectivity index (χ3n) is 1.72. The molecule has 6 nitrogen and oxygen atoms in total. The average Bonchev–Trinajstić information content (AvgIpc) is 2.14. The van der Waals surface area contributed by atoms with E-state index in [1.807, 2.05) is 0 Å². The lowest BCUT2D eigenvalue weighted by molar-refractivity contribution is -0.0700. The van der Waals surface area contributed by atoms with Crippen LogP contribution in [-0.2, 0) is 0 Å². The quantitative estimate of drug-likeness (QED) is 0.258. The Labute approximate surface area is 79.0 Å². The van der Waals surface area contributed by atoms with Crippen molar-refractivity contribution in [1.29, 1.82) is 0 Å². The van der Waals surface area contributed by atoms with Crippen molar-refractivity contribution in [3.05, 3.63) is 0 Å². The van der Waals surface area contributed by atoms with E-state index in [0.717, 1.165) is 0 Å². The topological polar surface area (TPSA) is 119 Å². The molecule has 7 heteroatoms. The zero-order chi connectivity index (χ0) is 10.4. The van der Waals surface area contributed by atoms with Gasteiger partial charge >= 0.3 is 0 Å². The van der Waals surface area contributed by atoms with Crippen molar-refractivity contribution in [2.75, 3.05) is 13.2 Å². The molecule has 1 unspecified atom stereocenters. The van der Waals surface area contributed by atoms with Gasteiger partial charge in [0, 0.05) is 6.54 Å². The number of rotatable bonds is 6. The molecule has 0 saturated heterocycles. The lowest BCUT2D eigenvalue weighted by atomic mass is 10.0. The molecule has 0 aromatic rings. The predicted molar refractivity (Wildman–Crippen MR) is 50.8 cm³/mol. The SMILES string of the molecule is N[C@H](CO)[C@@H](O)[C@H](O)[C@@H](O)CNP. The average molecular weight is 212 g/mol. The third kappa shape index (κ3) is 4.28. The van der Waals surface area contributed by atoms with Gasteiger partial charge in [0.15, 0.2) is 0 Å². The van der Waals surface area contributed by atoms with E-state index in [-0.39, 0.29) is 6.54 Å². The Bertz CT molecular complexity index is 140. The number of hydrogen-bond acceptors (Lipinski definition) is 6. The van der Waals surface area contributed by atoms with Crippen LogP contribution in [-0.4, -0.2) is 57.9 Å². The first-order valence-electron chi connectivity index (χ1n) is 3.88. The van der Waals surface area contributed by atoms with Crippen LogP contribution in [0, 0.1) is 0 Å². The minimum atomic E-state index is -1.37. The maximum atomic E-state index is 9.28. The first-order chi connectivity index (χ1) is 6.04. The smallest absolute Gasteiger partial charge is 0.109 e. The molecule has 13 heavy (non-hydrogen) atoms. The van der Waals surface area contributed by atoms with Crippen molar-refractivity contribution in [3.63, 3.8) is 0 Å². The summed E-state index contributed by atoms with van der Waals surface area (Å²) in [7, 11) is 2.15. The Hall–Kier alpha value is 0.190. The fourth-order valence-corrected chi connectivity index (χ4v) is 1.07. The summed E-state index contributed by atoms with van der Waals surface area (Å²) in [5.74, 6) is 0. The van der Waals surface area contributed by atoms with E-state index in [4.69, 9.17) is 10.8 Å². The van der Waals surface area contributed by atoms with Crippen molar-refractivity contribution in [3.8, 4) is 0 Å². The van der Waals surface area contributed by atoms with E-state index < -0.39 is 31.0 Å². The number of nitrogens with two attached hydrogens (primary N) is 1. The molecule has 5 atom stereocenters. The molecule has 0 aliphatic rings. The summed E-state index contributed by atoms with van der Waals surface area (Å²) in [4.78, 5) is 0. The largest absolute Gasteiger partial charge is 0.395 e. The third-order valence-corrected chi connectivity index (χ3v) is 1.96. The number of nitrogens with one attached hydrogen (secondary N) is 1. The second kappa shape index (κ2) is 6.62. The van der Waals surface area contributed by atoms with Gasteiger partial charge in [-0.3, -0.25) is 5.09 Å². The molecule has 0 radical (unpaired) electrons. The van der Waals surface area contributed by atoms with E-state index in [9.17, 15) is 15.3 Å². The standard InChI is InChI=1S/C6H17N2O4P/c7-3(2-9)5(11)6(12)4(10)1-8-13/h3-6,8-12H,1-2,7,13H2/t3-,4+,5-,6-/m1/s1. The Morgan fingerprint density at radius 1 is 1.23 bits per heavy atom. The molecular weight excluding hydrogens is 195 g/mol. The van der Waals surface area contributed by atoms with E-state index in [2.05, 4.69) is 14.5 Å². The highest BCUT2D eigenvalue weighted by molar-refractivity contribution is 7.13. The van der Waals surface area contributed by atoms with Crippen LogP contribution in [0.2, 0.25) is 0 Å². The van der Waals surface area contributed by atoms with Gasteiger partial charge in [0.1, 0.15) is 6.10 Å². The van der Waals surface area contributed by atoms with E-state index in [0.29, 0.717) is 0 Å². The van der Waals surface area contributed by atoms with Crippen LogP contribution in [0.5, 0.6) is 0 Å². The van der Waals surface area contributed by atoms with Gasteiger partial charge in [-0.25, -0.2) is 0 Å². The first kappa shape index (κ1) is 13.2. The zero-order valence-corrected chi connectivity index (χ0v) is 8.32. The molecule has 0 bridgehead atoms. The van der Waals surface area contributed by atoms with Gasteiger partial charge in [-0.1, -0.05) is 9.39 Å². The summed E-state index contributed by atoms with van der Waals surface area (Å²) in [6.45, 7) is -0.333. The molecule has 7 N–H and O–H groups in total. The maximum absolute atomic E-state index is 9.28. The second-order valence-electron chi connectivity index (χ2n) is 2.80. The first-order valence-corrected chi connectivity index (χ1v) is 4.46.